The molecule has 1 amide bonds. The van der Waals surface area contributed by atoms with Crippen molar-refractivity contribution in [1.29, 1.82) is 0 Å². The Bertz CT molecular complexity index is 1160. The Morgan fingerprint density at radius 2 is 2.16 bits per heavy atom. The van der Waals surface area contributed by atoms with Gasteiger partial charge in [0.2, 0.25) is 11.7 Å². The molecule has 31 heavy (non-hydrogen) atoms. The van der Waals surface area contributed by atoms with Gasteiger partial charge in [0.1, 0.15) is 11.4 Å². The average molecular weight is 450 g/mol. The summed E-state index contributed by atoms with van der Waals surface area (Å²) in [5, 5.41) is 21.0. The van der Waals surface area contributed by atoms with E-state index in [1.807, 2.05) is 18.2 Å². The highest BCUT2D eigenvalue weighted by Gasteiger charge is 2.19. The summed E-state index contributed by atoms with van der Waals surface area (Å²) in [7, 11) is 1.14. The van der Waals surface area contributed by atoms with Gasteiger partial charge in [-0.15, -0.1) is 0 Å². The zero-order chi connectivity index (χ0) is 22.5. The minimum absolute atomic E-state index is 0.0834. The maximum absolute atomic E-state index is 11.4. The number of aromatic hydroxyl groups is 1. The average Bonchev–Trinajstić information content (AvgIpc) is 3.13. The molecule has 0 radical (unpaired) electrons. The Kier molecular flexibility index (Phi) is 6.52. The first kappa shape index (κ1) is 21.8. The van der Waals surface area contributed by atoms with Crippen LogP contribution in [-0.2, 0) is 16.1 Å². The topological polar surface area (TPSA) is 164 Å². The molecule has 0 unspecified atom stereocenters. The van der Waals surface area contributed by atoms with Gasteiger partial charge in [-0.3, -0.25) is 4.79 Å². The zero-order valence-corrected chi connectivity index (χ0v) is 16.7. The van der Waals surface area contributed by atoms with Crippen LogP contribution in [0.1, 0.15) is 26.5 Å². The Balaban J connectivity index is 0.000000179. The predicted molar refractivity (Wildman–Crippen MR) is 106 cm³/mol. The lowest BCUT2D eigenvalue weighted by Crippen LogP contribution is -2.25. The van der Waals surface area contributed by atoms with E-state index >= 15 is 0 Å². The van der Waals surface area contributed by atoms with E-state index in [-0.39, 0.29) is 35.6 Å². The maximum Gasteiger partial charge on any atom is 0.355 e. The van der Waals surface area contributed by atoms with E-state index in [9.17, 15) is 19.5 Å². The molecule has 3 aromatic rings. The molecule has 0 fully saturated rings. The first-order valence-electron chi connectivity index (χ1n) is 8.62. The van der Waals surface area contributed by atoms with Gasteiger partial charge >= 0.3 is 11.9 Å². The van der Waals surface area contributed by atoms with Crippen LogP contribution >= 0.6 is 11.8 Å². The third-order valence-corrected chi connectivity index (χ3v) is 4.15. The minimum Gasteiger partial charge on any atom is -0.493 e. The lowest BCUT2D eigenvalue weighted by atomic mass is 10.1. The SMILES string of the molecule is COC(=O)c1cc(C(=O)O)nc2ncc(O)n12.O=C1COc2ccc(CNCl)cc2N1. The number of rotatable bonds is 4. The van der Waals surface area contributed by atoms with Crippen molar-refractivity contribution in [3.05, 3.63) is 47.4 Å². The van der Waals surface area contributed by atoms with Crippen LogP contribution in [0.3, 0.4) is 0 Å². The van der Waals surface area contributed by atoms with Gasteiger partial charge in [0, 0.05) is 12.6 Å². The summed E-state index contributed by atoms with van der Waals surface area (Å²) in [6.07, 6.45) is 1.06. The van der Waals surface area contributed by atoms with Crippen LogP contribution in [0.15, 0.2) is 30.5 Å². The number of nitrogens with one attached hydrogen (secondary N) is 2. The van der Waals surface area contributed by atoms with Gasteiger partial charge in [-0.2, -0.15) is 0 Å². The highest BCUT2D eigenvalue weighted by molar-refractivity contribution is 6.13. The highest BCUT2D eigenvalue weighted by atomic mass is 35.5. The number of nitrogens with zero attached hydrogens (tertiary/aromatic N) is 3. The van der Waals surface area contributed by atoms with Crippen molar-refractivity contribution in [3.63, 3.8) is 0 Å². The fraction of sp³-hybridized carbons (Fsp3) is 0.167. The van der Waals surface area contributed by atoms with E-state index in [0.717, 1.165) is 29.3 Å². The summed E-state index contributed by atoms with van der Waals surface area (Å²) >= 11 is 5.38. The smallest absolute Gasteiger partial charge is 0.355 e. The molecule has 1 aliphatic rings. The van der Waals surface area contributed by atoms with E-state index in [4.69, 9.17) is 21.6 Å². The van der Waals surface area contributed by atoms with Crippen molar-refractivity contribution < 1.29 is 34.1 Å². The molecule has 4 N–H and O–H groups in total. The second-order valence-corrected chi connectivity index (χ2v) is 6.32. The largest absolute Gasteiger partial charge is 0.493 e. The Labute approximate surface area is 179 Å². The maximum atomic E-state index is 11.4. The van der Waals surface area contributed by atoms with Gasteiger partial charge in [-0.05, 0) is 29.5 Å². The molecule has 3 heterocycles. The standard InChI is InChI=1S/C9H9ClN2O2.C9H7N3O5/c10-11-4-6-1-2-8-7(3-6)12-9(13)5-14-8;1-17-8(16)5-2-4(7(14)15)11-9-10-3-6(13)12(5)9/h1-3,11H,4-5H2,(H,12,13);2-3,13H,1H3,(H,14,15). The number of carbonyl (C=O) groups excluding carboxylic acids is 2. The number of methoxy groups -OCH3 is 1. The lowest BCUT2D eigenvalue weighted by Gasteiger charge is -2.18. The number of ether oxygens (including phenoxy) is 2. The van der Waals surface area contributed by atoms with E-state index < -0.39 is 11.9 Å². The summed E-state index contributed by atoms with van der Waals surface area (Å²) in [4.78, 5) is 43.1. The van der Waals surface area contributed by atoms with Gasteiger partial charge in [0.15, 0.2) is 12.3 Å². The van der Waals surface area contributed by atoms with Crippen molar-refractivity contribution in [3.8, 4) is 11.6 Å². The Morgan fingerprint density at radius 3 is 2.84 bits per heavy atom. The van der Waals surface area contributed by atoms with Crippen LogP contribution in [0.2, 0.25) is 0 Å². The van der Waals surface area contributed by atoms with Gasteiger partial charge in [-0.25, -0.2) is 28.8 Å². The van der Waals surface area contributed by atoms with Gasteiger partial charge in [-0.1, -0.05) is 6.07 Å². The second-order valence-electron chi connectivity index (χ2n) is 6.05. The molecule has 0 saturated heterocycles. The summed E-state index contributed by atoms with van der Waals surface area (Å²) in [6, 6.07) is 6.55. The number of aromatic carboxylic acids is 1. The number of carboxylic acid groups (broad SMARTS) is 1. The molecule has 12 nitrogen and oxygen atoms in total. The predicted octanol–water partition coefficient (Wildman–Crippen LogP) is 1.18. The van der Waals surface area contributed by atoms with Gasteiger partial charge in [0.25, 0.3) is 5.91 Å². The number of anilines is 1. The molecule has 162 valence electrons. The number of hydrogen-bond donors (Lipinski definition) is 4. The fourth-order valence-electron chi connectivity index (χ4n) is 2.66. The van der Waals surface area contributed by atoms with Crippen molar-refractivity contribution >= 4 is 41.1 Å². The number of benzene rings is 1. The molecule has 1 aromatic carbocycles. The van der Waals surface area contributed by atoms with E-state index in [2.05, 4.69) is 24.9 Å². The van der Waals surface area contributed by atoms with E-state index in [1.165, 1.54) is 0 Å². The third kappa shape index (κ3) is 4.82. The van der Waals surface area contributed by atoms with Crippen LogP contribution in [0, 0.1) is 0 Å². The van der Waals surface area contributed by atoms with Gasteiger partial charge < -0.3 is 25.0 Å². The summed E-state index contributed by atoms with van der Waals surface area (Å²) in [6.45, 7) is 0.630. The summed E-state index contributed by atoms with van der Waals surface area (Å²) in [5.74, 6) is -1.96. The van der Waals surface area contributed by atoms with Crippen LogP contribution in [0.5, 0.6) is 11.6 Å². The Morgan fingerprint density at radius 1 is 1.39 bits per heavy atom. The van der Waals surface area contributed by atoms with Crippen molar-refractivity contribution in [2.24, 2.45) is 0 Å². The molecule has 4 rings (SSSR count). The number of carbonyl (C=O) groups is 3. The number of imidazole rings is 1. The first-order valence-corrected chi connectivity index (χ1v) is 9.00. The second kappa shape index (κ2) is 9.28. The third-order valence-electron chi connectivity index (χ3n) is 4.02. The van der Waals surface area contributed by atoms with E-state index in [1.54, 1.807) is 0 Å². The van der Waals surface area contributed by atoms with Crippen LogP contribution < -0.4 is 14.9 Å². The zero-order valence-electron chi connectivity index (χ0n) is 16.0. The molecule has 0 bridgehead atoms. The molecule has 0 aliphatic carbocycles. The molecule has 0 atom stereocenters. The molecule has 0 saturated carbocycles. The molecule has 1 aliphatic heterocycles. The van der Waals surface area contributed by atoms with Crippen molar-refractivity contribution in [1.82, 2.24) is 19.2 Å². The number of carboxylic acids is 1. The normalized spacial score (nSPS) is 12.1. The monoisotopic (exact) mass is 449 g/mol. The first-order chi connectivity index (χ1) is 14.8. The van der Waals surface area contributed by atoms with Crippen molar-refractivity contribution in [2.45, 2.75) is 6.54 Å². The number of aromatic nitrogens is 3. The van der Waals surface area contributed by atoms with Gasteiger partial charge in [0.05, 0.1) is 19.0 Å². The molecule has 13 heteroatoms. The van der Waals surface area contributed by atoms with Crippen molar-refractivity contribution in [2.75, 3.05) is 19.0 Å². The van der Waals surface area contributed by atoms with Crippen LogP contribution in [-0.4, -0.2) is 56.1 Å². The molecular formula is C18H16ClN5O7. The molecular weight excluding hydrogens is 434 g/mol. The minimum atomic E-state index is -1.31. The molecule has 0 spiro atoms. The number of hydrogen-bond acceptors (Lipinski definition) is 9. The summed E-state index contributed by atoms with van der Waals surface area (Å²) in [5.41, 5.74) is 1.17. The van der Waals surface area contributed by atoms with E-state index in [0.29, 0.717) is 18.0 Å². The fourth-order valence-corrected chi connectivity index (χ4v) is 2.81. The number of esters is 1. The number of amides is 1. The quantitative estimate of drug-likeness (QED) is 0.335. The number of fused-ring (bicyclic) bond motifs is 2. The lowest BCUT2D eigenvalue weighted by molar-refractivity contribution is -0.118. The van der Waals surface area contributed by atoms with Crippen LogP contribution in [0.25, 0.3) is 5.78 Å². The highest BCUT2D eigenvalue weighted by Crippen LogP contribution is 2.28. The number of halogens is 1. The molecule has 2 aromatic heterocycles. The van der Waals surface area contributed by atoms with Crippen LogP contribution in [0.4, 0.5) is 5.69 Å². The Hall–Kier alpha value is -3.90. The summed E-state index contributed by atoms with van der Waals surface area (Å²) < 4.78 is 10.7.